The van der Waals surface area contributed by atoms with E-state index in [1.807, 2.05) is 43.5 Å². The van der Waals surface area contributed by atoms with E-state index in [9.17, 15) is 4.57 Å². The number of nitrogens with zero attached hydrogens (tertiary/aromatic N) is 3. The average Bonchev–Trinajstić information content (AvgIpc) is 2.44. The van der Waals surface area contributed by atoms with E-state index in [0.717, 1.165) is 5.56 Å². The fraction of sp³-hybridized carbons (Fsp3) is 0.500. The molecular formula is C12H19N4OPS. The summed E-state index contributed by atoms with van der Waals surface area (Å²) < 4.78 is 12.6. The van der Waals surface area contributed by atoms with Crippen molar-refractivity contribution in [2.24, 2.45) is 5.11 Å². The van der Waals surface area contributed by atoms with Crippen molar-refractivity contribution in [1.29, 1.82) is 0 Å². The summed E-state index contributed by atoms with van der Waals surface area (Å²) in [5.74, 6) is 0. The van der Waals surface area contributed by atoms with Crippen LogP contribution in [-0.4, -0.2) is 19.0 Å². The van der Waals surface area contributed by atoms with Crippen LogP contribution in [0, 0.1) is 0 Å². The predicted molar refractivity (Wildman–Crippen MR) is 82.6 cm³/mol. The van der Waals surface area contributed by atoms with E-state index in [1.54, 1.807) is 0 Å². The molecule has 0 bridgehead atoms. The zero-order valence-electron chi connectivity index (χ0n) is 11.2. The van der Waals surface area contributed by atoms with Crippen molar-refractivity contribution >= 4 is 17.9 Å². The minimum Gasteiger partial charge on any atom is -0.295 e. The predicted octanol–water partition coefficient (Wildman–Crippen LogP) is 4.59. The molecule has 0 aliphatic carbocycles. The SMILES string of the molecule is CS[P@@](=O)(CCCN=[N+]=[N-])N[C@H](C)c1ccccc1. The van der Waals surface area contributed by atoms with Gasteiger partial charge in [-0.25, -0.2) is 0 Å². The fourth-order valence-corrected chi connectivity index (χ4v) is 5.15. The Balaban J connectivity index is 2.59. The van der Waals surface area contributed by atoms with Gasteiger partial charge in [0.15, 0.2) is 0 Å². The lowest BCUT2D eigenvalue weighted by molar-refractivity contribution is 0.564. The van der Waals surface area contributed by atoms with Gasteiger partial charge < -0.3 is 0 Å². The van der Waals surface area contributed by atoms with Gasteiger partial charge in [0.2, 0.25) is 6.49 Å². The Hall–Kier alpha value is -0.930. The smallest absolute Gasteiger partial charge is 0.201 e. The van der Waals surface area contributed by atoms with Crippen LogP contribution in [-0.2, 0) is 4.57 Å². The monoisotopic (exact) mass is 298 g/mol. The maximum atomic E-state index is 12.6. The van der Waals surface area contributed by atoms with Crippen molar-refractivity contribution in [1.82, 2.24) is 5.09 Å². The molecule has 0 saturated carbocycles. The maximum Gasteiger partial charge on any atom is 0.201 e. The van der Waals surface area contributed by atoms with E-state index in [2.05, 4.69) is 15.1 Å². The number of rotatable bonds is 8. The number of nitrogens with one attached hydrogen (secondary N) is 1. The lowest BCUT2D eigenvalue weighted by atomic mass is 10.1. The molecule has 2 atom stereocenters. The molecule has 104 valence electrons. The molecule has 0 amide bonds. The third-order valence-electron chi connectivity index (χ3n) is 2.76. The van der Waals surface area contributed by atoms with Crippen molar-refractivity contribution < 1.29 is 4.57 Å². The quantitative estimate of drug-likeness (QED) is 0.250. The van der Waals surface area contributed by atoms with E-state index >= 15 is 0 Å². The first-order valence-corrected chi connectivity index (χ1v) is 9.82. The van der Waals surface area contributed by atoms with Crippen LogP contribution in [0.5, 0.6) is 0 Å². The number of benzene rings is 1. The summed E-state index contributed by atoms with van der Waals surface area (Å²) in [7, 11) is 0. The van der Waals surface area contributed by atoms with Gasteiger partial charge in [-0.15, -0.1) is 0 Å². The number of hydrogen-bond acceptors (Lipinski definition) is 3. The second-order valence-corrected chi connectivity index (χ2v) is 9.43. The zero-order chi connectivity index (χ0) is 14.1. The molecule has 0 spiro atoms. The molecule has 0 heterocycles. The average molecular weight is 298 g/mol. The van der Waals surface area contributed by atoms with Gasteiger partial charge in [-0.2, -0.15) is 0 Å². The Kier molecular flexibility index (Phi) is 7.03. The number of azide groups is 1. The lowest BCUT2D eigenvalue weighted by Crippen LogP contribution is -2.16. The molecule has 19 heavy (non-hydrogen) atoms. The lowest BCUT2D eigenvalue weighted by Gasteiger charge is -2.22. The van der Waals surface area contributed by atoms with Crippen molar-refractivity contribution in [3.05, 3.63) is 46.3 Å². The topological polar surface area (TPSA) is 77.9 Å². The van der Waals surface area contributed by atoms with Gasteiger partial charge in [-0.05, 0) is 30.7 Å². The Labute approximate surface area is 118 Å². The fourth-order valence-electron chi connectivity index (χ4n) is 1.71. The molecule has 1 rings (SSSR count). The molecule has 0 aliphatic rings. The summed E-state index contributed by atoms with van der Waals surface area (Å²) in [5.41, 5.74) is 9.33. The summed E-state index contributed by atoms with van der Waals surface area (Å²) in [6, 6.07) is 9.98. The van der Waals surface area contributed by atoms with Crippen molar-refractivity contribution in [2.45, 2.75) is 19.4 Å². The van der Waals surface area contributed by atoms with Crippen LogP contribution in [0.3, 0.4) is 0 Å². The highest BCUT2D eigenvalue weighted by Crippen LogP contribution is 2.55. The van der Waals surface area contributed by atoms with Gasteiger partial charge in [0.1, 0.15) is 0 Å². The molecule has 0 fully saturated rings. The van der Waals surface area contributed by atoms with Crippen LogP contribution in [0.15, 0.2) is 35.4 Å². The van der Waals surface area contributed by atoms with Crippen LogP contribution < -0.4 is 5.09 Å². The van der Waals surface area contributed by atoms with Gasteiger partial charge in [0.25, 0.3) is 0 Å². The summed E-state index contributed by atoms with van der Waals surface area (Å²) in [5, 5.41) is 6.69. The normalized spacial score (nSPS) is 15.3. The molecule has 0 aromatic heterocycles. The first-order chi connectivity index (χ1) is 9.11. The largest absolute Gasteiger partial charge is 0.295 e. The second-order valence-electron chi connectivity index (χ2n) is 4.15. The molecule has 1 aromatic carbocycles. The Morgan fingerprint density at radius 2 is 2.16 bits per heavy atom. The van der Waals surface area contributed by atoms with Gasteiger partial charge in [0, 0.05) is 23.7 Å². The third kappa shape index (κ3) is 5.70. The van der Waals surface area contributed by atoms with Gasteiger partial charge in [-0.1, -0.05) is 46.8 Å². The molecule has 0 aliphatic heterocycles. The summed E-state index contributed by atoms with van der Waals surface area (Å²) in [4.78, 5) is 2.70. The molecule has 1 aromatic rings. The molecule has 5 nitrogen and oxygen atoms in total. The first-order valence-electron chi connectivity index (χ1n) is 6.09. The molecule has 0 saturated heterocycles. The van der Waals surface area contributed by atoms with Crippen LogP contribution in [0.25, 0.3) is 10.4 Å². The van der Waals surface area contributed by atoms with Crippen LogP contribution in [0.2, 0.25) is 0 Å². The highest BCUT2D eigenvalue weighted by Gasteiger charge is 2.22. The van der Waals surface area contributed by atoms with Crippen molar-refractivity contribution in [3.8, 4) is 0 Å². The minimum atomic E-state index is -2.48. The molecular weight excluding hydrogens is 279 g/mol. The highest BCUT2D eigenvalue weighted by atomic mass is 32.7. The number of hydrogen-bond donors (Lipinski definition) is 1. The van der Waals surface area contributed by atoms with Crippen molar-refractivity contribution in [2.75, 3.05) is 19.0 Å². The van der Waals surface area contributed by atoms with Crippen LogP contribution >= 0.6 is 17.9 Å². The standard InChI is InChI=1S/C12H19N4OPS/c1-11(12-7-4-3-5-8-12)15-18(17,19-2)10-6-9-14-16-13/h3-5,7-8,11H,6,9-10H2,1-2H3,(H,15,17)/t11-,18+/m1/s1. The Morgan fingerprint density at radius 1 is 1.47 bits per heavy atom. The van der Waals surface area contributed by atoms with E-state index in [4.69, 9.17) is 5.53 Å². The molecule has 0 radical (unpaired) electrons. The second kappa shape index (κ2) is 8.28. The van der Waals surface area contributed by atoms with Gasteiger partial charge in [-0.3, -0.25) is 9.65 Å². The molecule has 0 unspecified atom stereocenters. The highest BCUT2D eigenvalue weighted by molar-refractivity contribution is 8.57. The first kappa shape index (κ1) is 16.1. The van der Waals surface area contributed by atoms with E-state index in [0.29, 0.717) is 19.1 Å². The Bertz CT molecular complexity index is 476. The summed E-state index contributed by atoms with van der Waals surface area (Å²) >= 11 is 1.36. The third-order valence-corrected chi connectivity index (χ3v) is 7.67. The summed E-state index contributed by atoms with van der Waals surface area (Å²) in [6.45, 7) is -0.0817. The van der Waals surface area contributed by atoms with E-state index in [1.165, 1.54) is 11.4 Å². The van der Waals surface area contributed by atoms with E-state index < -0.39 is 6.49 Å². The Morgan fingerprint density at radius 3 is 2.74 bits per heavy atom. The van der Waals surface area contributed by atoms with Crippen LogP contribution in [0.1, 0.15) is 24.9 Å². The van der Waals surface area contributed by atoms with Gasteiger partial charge >= 0.3 is 0 Å². The minimum absolute atomic E-state index is 0.0407. The maximum absolute atomic E-state index is 12.6. The summed E-state index contributed by atoms with van der Waals surface area (Å²) in [6.07, 6.45) is 3.01. The molecule has 1 N–H and O–H groups in total. The molecule has 7 heteroatoms. The van der Waals surface area contributed by atoms with Gasteiger partial charge in [0.05, 0.1) is 0 Å². The van der Waals surface area contributed by atoms with Crippen LogP contribution in [0.4, 0.5) is 0 Å². The van der Waals surface area contributed by atoms with E-state index in [-0.39, 0.29) is 6.04 Å². The zero-order valence-corrected chi connectivity index (χ0v) is 12.9. The van der Waals surface area contributed by atoms with Crippen molar-refractivity contribution in [3.63, 3.8) is 0 Å².